The minimum absolute atomic E-state index is 0.452. The van der Waals surface area contributed by atoms with Gasteiger partial charge < -0.3 is 5.73 Å². The molecule has 0 unspecified atom stereocenters. The summed E-state index contributed by atoms with van der Waals surface area (Å²) < 4.78 is 1.73. The second-order valence-corrected chi connectivity index (χ2v) is 4.00. The third-order valence-electron chi connectivity index (χ3n) is 1.88. The number of nitrogens with two attached hydrogens (primary N) is 1. The summed E-state index contributed by atoms with van der Waals surface area (Å²) in [5.74, 6) is 0. The molecule has 0 aliphatic rings. The van der Waals surface area contributed by atoms with E-state index in [1.165, 1.54) is 6.33 Å². The van der Waals surface area contributed by atoms with Crippen molar-refractivity contribution >= 4 is 11.8 Å². The molecule has 2 N–H and O–H groups in total. The van der Waals surface area contributed by atoms with E-state index in [1.807, 2.05) is 19.2 Å². The highest BCUT2D eigenvalue weighted by Gasteiger charge is 2.03. The molecular weight excluding hydrogens is 210 g/mol. The first kappa shape index (κ1) is 10.1. The van der Waals surface area contributed by atoms with Crippen molar-refractivity contribution in [2.45, 2.75) is 16.6 Å². The van der Waals surface area contributed by atoms with Gasteiger partial charge in [-0.1, -0.05) is 11.8 Å². The van der Waals surface area contributed by atoms with Crippen LogP contribution in [0.1, 0.15) is 5.69 Å². The Morgan fingerprint density at radius 3 is 3.00 bits per heavy atom. The average Bonchev–Trinajstić information content (AvgIpc) is 2.65. The third kappa shape index (κ3) is 2.34. The molecular formula is C9H11N5S. The first-order valence-corrected chi connectivity index (χ1v) is 5.28. The molecule has 0 aliphatic carbocycles. The SMILES string of the molecule is Cn1ncnc1Sc1ccnc(CN)c1. The lowest BCUT2D eigenvalue weighted by molar-refractivity contribution is 0.685. The Hall–Kier alpha value is -1.40. The molecule has 0 saturated carbocycles. The number of hydrogen-bond donors (Lipinski definition) is 1. The molecule has 0 saturated heterocycles. The van der Waals surface area contributed by atoms with Gasteiger partial charge in [0.25, 0.3) is 0 Å². The number of nitrogens with zero attached hydrogens (tertiary/aromatic N) is 4. The molecule has 0 spiro atoms. The molecule has 0 radical (unpaired) electrons. The van der Waals surface area contributed by atoms with Gasteiger partial charge in [0.05, 0.1) is 5.69 Å². The van der Waals surface area contributed by atoms with Crippen molar-refractivity contribution in [3.05, 3.63) is 30.4 Å². The van der Waals surface area contributed by atoms with Gasteiger partial charge in [0.15, 0.2) is 5.16 Å². The van der Waals surface area contributed by atoms with E-state index in [1.54, 1.807) is 22.6 Å². The van der Waals surface area contributed by atoms with Crippen LogP contribution in [0.5, 0.6) is 0 Å². The Balaban J connectivity index is 2.21. The highest BCUT2D eigenvalue weighted by molar-refractivity contribution is 7.99. The summed E-state index contributed by atoms with van der Waals surface area (Å²) in [7, 11) is 1.86. The molecule has 5 nitrogen and oxygen atoms in total. The number of aryl methyl sites for hydroxylation is 1. The zero-order chi connectivity index (χ0) is 10.7. The summed E-state index contributed by atoms with van der Waals surface area (Å²) >= 11 is 1.54. The van der Waals surface area contributed by atoms with Gasteiger partial charge in [-0.2, -0.15) is 5.10 Å². The Morgan fingerprint density at radius 1 is 1.47 bits per heavy atom. The lowest BCUT2D eigenvalue weighted by Gasteiger charge is -2.01. The standard InChI is InChI=1S/C9H11N5S/c1-14-9(12-6-13-14)15-8-2-3-11-7(4-8)5-10/h2-4,6H,5,10H2,1H3. The van der Waals surface area contributed by atoms with Crippen LogP contribution in [-0.4, -0.2) is 19.7 Å². The average molecular weight is 221 g/mol. The molecule has 2 aromatic rings. The second kappa shape index (κ2) is 4.41. The van der Waals surface area contributed by atoms with Crippen LogP contribution in [0.4, 0.5) is 0 Å². The Bertz CT molecular complexity index is 453. The summed E-state index contributed by atoms with van der Waals surface area (Å²) in [4.78, 5) is 9.33. The van der Waals surface area contributed by atoms with Crippen molar-refractivity contribution in [1.82, 2.24) is 19.7 Å². The van der Waals surface area contributed by atoms with Crippen LogP contribution < -0.4 is 5.73 Å². The fourth-order valence-corrected chi connectivity index (χ4v) is 1.93. The van der Waals surface area contributed by atoms with Crippen LogP contribution in [0, 0.1) is 0 Å². The minimum Gasteiger partial charge on any atom is -0.325 e. The number of rotatable bonds is 3. The Morgan fingerprint density at radius 2 is 2.33 bits per heavy atom. The third-order valence-corrected chi connectivity index (χ3v) is 2.92. The molecule has 15 heavy (non-hydrogen) atoms. The number of aromatic nitrogens is 4. The minimum atomic E-state index is 0.452. The van der Waals surface area contributed by atoms with E-state index < -0.39 is 0 Å². The first-order chi connectivity index (χ1) is 7.29. The number of hydrogen-bond acceptors (Lipinski definition) is 5. The van der Waals surface area contributed by atoms with Crippen molar-refractivity contribution in [3.8, 4) is 0 Å². The van der Waals surface area contributed by atoms with Gasteiger partial charge in [0.1, 0.15) is 6.33 Å². The van der Waals surface area contributed by atoms with Crippen LogP contribution in [0.15, 0.2) is 34.7 Å². The first-order valence-electron chi connectivity index (χ1n) is 4.46. The second-order valence-electron chi connectivity index (χ2n) is 2.96. The van der Waals surface area contributed by atoms with E-state index in [0.29, 0.717) is 6.54 Å². The van der Waals surface area contributed by atoms with Crippen molar-refractivity contribution in [2.75, 3.05) is 0 Å². The molecule has 6 heteroatoms. The topological polar surface area (TPSA) is 69.6 Å². The van der Waals surface area contributed by atoms with Crippen molar-refractivity contribution in [2.24, 2.45) is 12.8 Å². The maximum absolute atomic E-state index is 5.52. The highest BCUT2D eigenvalue weighted by Crippen LogP contribution is 2.24. The Labute approximate surface area is 91.7 Å². The fraction of sp³-hybridized carbons (Fsp3) is 0.222. The van der Waals surface area contributed by atoms with Gasteiger partial charge >= 0.3 is 0 Å². The zero-order valence-electron chi connectivity index (χ0n) is 8.29. The monoisotopic (exact) mass is 221 g/mol. The largest absolute Gasteiger partial charge is 0.325 e. The highest BCUT2D eigenvalue weighted by atomic mass is 32.2. The van der Waals surface area contributed by atoms with Gasteiger partial charge in [0, 0.05) is 24.7 Å². The van der Waals surface area contributed by atoms with Crippen molar-refractivity contribution in [3.63, 3.8) is 0 Å². The van der Waals surface area contributed by atoms with Crippen LogP contribution >= 0.6 is 11.8 Å². The molecule has 0 bridgehead atoms. The molecule has 0 aromatic carbocycles. The molecule has 2 heterocycles. The fourth-order valence-electron chi connectivity index (χ4n) is 1.11. The van der Waals surface area contributed by atoms with Gasteiger partial charge in [-0.05, 0) is 12.1 Å². The molecule has 0 aliphatic heterocycles. The maximum atomic E-state index is 5.52. The molecule has 2 aromatic heterocycles. The summed E-state index contributed by atoms with van der Waals surface area (Å²) in [5.41, 5.74) is 6.39. The summed E-state index contributed by atoms with van der Waals surface area (Å²) in [6.45, 7) is 0.452. The lowest BCUT2D eigenvalue weighted by atomic mass is 10.3. The zero-order valence-corrected chi connectivity index (χ0v) is 9.11. The summed E-state index contributed by atoms with van der Waals surface area (Å²) in [6.07, 6.45) is 3.29. The molecule has 78 valence electrons. The van der Waals surface area contributed by atoms with E-state index in [2.05, 4.69) is 15.1 Å². The Kier molecular flexibility index (Phi) is 2.98. The van der Waals surface area contributed by atoms with Crippen LogP contribution in [0.3, 0.4) is 0 Å². The van der Waals surface area contributed by atoms with Crippen molar-refractivity contribution in [1.29, 1.82) is 0 Å². The van der Waals surface area contributed by atoms with E-state index in [4.69, 9.17) is 5.73 Å². The molecule has 2 rings (SSSR count). The number of pyridine rings is 1. The maximum Gasteiger partial charge on any atom is 0.190 e. The van der Waals surface area contributed by atoms with Gasteiger partial charge in [-0.3, -0.25) is 4.98 Å². The summed E-state index contributed by atoms with van der Waals surface area (Å²) in [6, 6.07) is 3.89. The lowest BCUT2D eigenvalue weighted by Crippen LogP contribution is -1.99. The van der Waals surface area contributed by atoms with E-state index >= 15 is 0 Å². The quantitative estimate of drug-likeness (QED) is 0.831. The van der Waals surface area contributed by atoms with E-state index in [0.717, 1.165) is 15.7 Å². The van der Waals surface area contributed by atoms with Gasteiger partial charge in [0.2, 0.25) is 0 Å². The molecule has 0 fully saturated rings. The van der Waals surface area contributed by atoms with Gasteiger partial charge in [-0.25, -0.2) is 9.67 Å². The van der Waals surface area contributed by atoms with Crippen LogP contribution in [0.2, 0.25) is 0 Å². The predicted molar refractivity (Wildman–Crippen MR) is 57.3 cm³/mol. The summed E-state index contributed by atoms with van der Waals surface area (Å²) in [5, 5.41) is 4.85. The predicted octanol–water partition coefficient (Wildman–Crippen LogP) is 0.820. The van der Waals surface area contributed by atoms with Crippen molar-refractivity contribution < 1.29 is 0 Å². The van der Waals surface area contributed by atoms with E-state index in [-0.39, 0.29) is 0 Å². The molecule has 0 amide bonds. The van der Waals surface area contributed by atoms with E-state index in [9.17, 15) is 0 Å². The van der Waals surface area contributed by atoms with Crippen LogP contribution in [0.25, 0.3) is 0 Å². The van der Waals surface area contributed by atoms with Crippen LogP contribution in [-0.2, 0) is 13.6 Å². The van der Waals surface area contributed by atoms with Gasteiger partial charge in [-0.15, -0.1) is 0 Å². The molecule has 0 atom stereocenters. The normalized spacial score (nSPS) is 10.5. The smallest absolute Gasteiger partial charge is 0.190 e.